The quantitative estimate of drug-likeness (QED) is 0.741. The highest BCUT2D eigenvalue weighted by molar-refractivity contribution is 5.89. The van der Waals surface area contributed by atoms with Gasteiger partial charge in [0.25, 0.3) is 0 Å². The Balaban J connectivity index is 2.47. The molecule has 0 radical (unpaired) electrons. The number of carbonyl (C=O) groups is 1. The second-order valence-corrected chi connectivity index (χ2v) is 5.05. The Hall–Kier alpha value is -0.570. The highest BCUT2D eigenvalue weighted by atomic mass is 16.2. The molecule has 0 heterocycles. The summed E-state index contributed by atoms with van der Waals surface area (Å²) in [5.41, 5.74) is 5.35. The maximum Gasteiger partial charge on any atom is 0.242 e. The van der Waals surface area contributed by atoms with Gasteiger partial charge in [-0.25, -0.2) is 0 Å². The van der Waals surface area contributed by atoms with Crippen molar-refractivity contribution < 1.29 is 4.79 Å². The largest absolute Gasteiger partial charge is 0.341 e. The van der Waals surface area contributed by atoms with Crippen molar-refractivity contribution in [2.24, 2.45) is 11.7 Å². The molecule has 0 bridgehead atoms. The molecule has 3 nitrogen and oxygen atoms in total. The molecule has 1 amide bonds. The molecular weight excluding hydrogens is 176 g/mol. The van der Waals surface area contributed by atoms with Crippen molar-refractivity contribution >= 4 is 5.91 Å². The lowest BCUT2D eigenvalue weighted by Gasteiger charge is -2.28. The van der Waals surface area contributed by atoms with Crippen LogP contribution in [0.4, 0.5) is 0 Å². The Morgan fingerprint density at radius 3 is 2.29 bits per heavy atom. The van der Waals surface area contributed by atoms with E-state index in [2.05, 4.69) is 20.8 Å². The first kappa shape index (κ1) is 11.5. The van der Waals surface area contributed by atoms with Crippen molar-refractivity contribution in [1.82, 2.24) is 4.90 Å². The number of hydrogen-bond acceptors (Lipinski definition) is 2. The number of amides is 1. The fourth-order valence-electron chi connectivity index (χ4n) is 1.74. The second-order valence-electron chi connectivity index (χ2n) is 5.05. The van der Waals surface area contributed by atoms with Gasteiger partial charge in [0.2, 0.25) is 5.91 Å². The van der Waals surface area contributed by atoms with E-state index in [1.807, 2.05) is 11.9 Å². The molecule has 0 aliphatic heterocycles. The molecule has 1 rings (SSSR count). The van der Waals surface area contributed by atoms with Crippen LogP contribution < -0.4 is 5.73 Å². The van der Waals surface area contributed by atoms with Crippen molar-refractivity contribution in [1.29, 1.82) is 0 Å². The lowest BCUT2D eigenvalue weighted by molar-refractivity contribution is -0.134. The van der Waals surface area contributed by atoms with Crippen LogP contribution in [0, 0.1) is 5.92 Å². The molecule has 0 spiro atoms. The number of likely N-dealkylation sites (N-methyl/N-ethyl adjacent to an activating group) is 1. The monoisotopic (exact) mass is 198 g/mol. The van der Waals surface area contributed by atoms with Crippen LogP contribution >= 0.6 is 0 Å². The first-order valence-electron chi connectivity index (χ1n) is 5.43. The van der Waals surface area contributed by atoms with Crippen molar-refractivity contribution in [3.63, 3.8) is 0 Å². The van der Waals surface area contributed by atoms with E-state index in [4.69, 9.17) is 5.73 Å². The molecule has 2 N–H and O–H groups in total. The molecule has 1 atom stereocenters. The summed E-state index contributed by atoms with van der Waals surface area (Å²) in [6.45, 7) is 6.43. The zero-order valence-corrected chi connectivity index (χ0v) is 9.71. The maximum atomic E-state index is 11.9. The molecule has 14 heavy (non-hydrogen) atoms. The molecular formula is C11H22N2O. The van der Waals surface area contributed by atoms with E-state index in [-0.39, 0.29) is 5.91 Å². The minimum Gasteiger partial charge on any atom is -0.341 e. The second kappa shape index (κ2) is 3.89. The van der Waals surface area contributed by atoms with E-state index in [0.717, 1.165) is 19.3 Å². The van der Waals surface area contributed by atoms with Crippen molar-refractivity contribution in [3.05, 3.63) is 0 Å². The smallest absolute Gasteiger partial charge is 0.242 e. The van der Waals surface area contributed by atoms with Crippen LogP contribution in [-0.4, -0.2) is 29.4 Å². The Kier molecular flexibility index (Phi) is 3.20. The Labute approximate surface area is 86.6 Å². The molecule has 3 heteroatoms. The van der Waals surface area contributed by atoms with Gasteiger partial charge in [-0.2, -0.15) is 0 Å². The van der Waals surface area contributed by atoms with Gasteiger partial charge in [0.1, 0.15) is 0 Å². The number of nitrogens with zero attached hydrogens (tertiary/aromatic N) is 1. The fraction of sp³-hybridized carbons (Fsp3) is 0.909. The molecule has 1 aliphatic rings. The highest BCUT2D eigenvalue weighted by Crippen LogP contribution is 2.34. The summed E-state index contributed by atoms with van der Waals surface area (Å²) in [5, 5.41) is 0. The summed E-state index contributed by atoms with van der Waals surface area (Å²) in [6.07, 6.45) is 2.74. The van der Waals surface area contributed by atoms with Crippen LogP contribution in [0.5, 0.6) is 0 Å². The average molecular weight is 198 g/mol. The van der Waals surface area contributed by atoms with Gasteiger partial charge in [-0.1, -0.05) is 13.8 Å². The van der Waals surface area contributed by atoms with Crippen LogP contribution in [0.25, 0.3) is 0 Å². The third kappa shape index (κ3) is 2.47. The van der Waals surface area contributed by atoms with Gasteiger partial charge in [-0.15, -0.1) is 0 Å². The van der Waals surface area contributed by atoms with Gasteiger partial charge in [-0.05, 0) is 32.1 Å². The number of nitrogens with two attached hydrogens (primary N) is 1. The predicted octanol–water partition coefficient (Wildman–Crippen LogP) is 1.37. The van der Waals surface area contributed by atoms with Gasteiger partial charge < -0.3 is 10.6 Å². The third-order valence-corrected chi connectivity index (χ3v) is 3.01. The average Bonchev–Trinajstić information content (AvgIpc) is 2.81. The van der Waals surface area contributed by atoms with Crippen LogP contribution in [-0.2, 0) is 4.79 Å². The normalized spacial score (nSPS) is 20.7. The van der Waals surface area contributed by atoms with Crippen molar-refractivity contribution in [3.8, 4) is 0 Å². The Bertz CT molecular complexity index is 221. The molecule has 0 saturated heterocycles. The topological polar surface area (TPSA) is 46.3 Å². The lowest BCUT2D eigenvalue weighted by Crippen LogP contribution is -2.47. The molecule has 1 aliphatic carbocycles. The minimum atomic E-state index is -0.514. The Morgan fingerprint density at radius 2 is 1.93 bits per heavy atom. The third-order valence-electron chi connectivity index (χ3n) is 3.01. The maximum absolute atomic E-state index is 11.9. The van der Waals surface area contributed by atoms with Gasteiger partial charge in [-0.3, -0.25) is 4.79 Å². The SMILES string of the molecule is CC(C)CC(C)N(C)C(=O)C1(N)CC1. The molecule has 0 aromatic carbocycles. The summed E-state index contributed by atoms with van der Waals surface area (Å²) in [6, 6.07) is 0.295. The van der Waals surface area contributed by atoms with Gasteiger partial charge >= 0.3 is 0 Å². The molecule has 0 aromatic rings. The van der Waals surface area contributed by atoms with Crippen molar-refractivity contribution in [2.75, 3.05) is 7.05 Å². The van der Waals surface area contributed by atoms with E-state index in [0.29, 0.717) is 12.0 Å². The van der Waals surface area contributed by atoms with E-state index >= 15 is 0 Å². The van der Waals surface area contributed by atoms with Gasteiger partial charge in [0, 0.05) is 13.1 Å². The van der Waals surface area contributed by atoms with Gasteiger partial charge in [0.05, 0.1) is 5.54 Å². The number of carbonyl (C=O) groups excluding carboxylic acids is 1. The number of rotatable bonds is 4. The summed E-state index contributed by atoms with van der Waals surface area (Å²) in [7, 11) is 1.86. The summed E-state index contributed by atoms with van der Waals surface area (Å²) < 4.78 is 0. The highest BCUT2D eigenvalue weighted by Gasteiger charge is 2.48. The Morgan fingerprint density at radius 1 is 1.43 bits per heavy atom. The zero-order valence-electron chi connectivity index (χ0n) is 9.71. The summed E-state index contributed by atoms with van der Waals surface area (Å²) in [5.74, 6) is 0.735. The molecule has 1 saturated carbocycles. The van der Waals surface area contributed by atoms with Crippen LogP contribution in [0.15, 0.2) is 0 Å². The fourth-order valence-corrected chi connectivity index (χ4v) is 1.74. The lowest BCUT2D eigenvalue weighted by atomic mass is 10.0. The van der Waals surface area contributed by atoms with E-state index in [1.165, 1.54) is 0 Å². The zero-order chi connectivity index (χ0) is 10.9. The van der Waals surface area contributed by atoms with E-state index < -0.39 is 5.54 Å². The molecule has 0 aromatic heterocycles. The predicted molar refractivity (Wildman–Crippen MR) is 57.8 cm³/mol. The standard InChI is InChI=1S/C11H22N2O/c1-8(2)7-9(3)13(4)10(14)11(12)5-6-11/h8-9H,5-7,12H2,1-4H3. The first-order valence-corrected chi connectivity index (χ1v) is 5.43. The molecule has 1 fully saturated rings. The summed E-state index contributed by atoms with van der Waals surface area (Å²) in [4.78, 5) is 13.7. The van der Waals surface area contributed by atoms with Crippen LogP contribution in [0.1, 0.15) is 40.0 Å². The number of hydrogen-bond donors (Lipinski definition) is 1. The molecule has 1 unspecified atom stereocenters. The van der Waals surface area contributed by atoms with E-state index in [1.54, 1.807) is 0 Å². The van der Waals surface area contributed by atoms with E-state index in [9.17, 15) is 4.79 Å². The minimum absolute atomic E-state index is 0.116. The first-order chi connectivity index (χ1) is 6.37. The summed E-state index contributed by atoms with van der Waals surface area (Å²) >= 11 is 0. The van der Waals surface area contributed by atoms with Crippen LogP contribution in [0.3, 0.4) is 0 Å². The molecule has 82 valence electrons. The van der Waals surface area contributed by atoms with Crippen molar-refractivity contribution in [2.45, 2.75) is 51.6 Å². The van der Waals surface area contributed by atoms with Gasteiger partial charge in [0.15, 0.2) is 0 Å². The van der Waals surface area contributed by atoms with Crippen LogP contribution in [0.2, 0.25) is 0 Å².